The van der Waals surface area contributed by atoms with E-state index >= 15 is 0 Å². The van der Waals surface area contributed by atoms with E-state index in [9.17, 15) is 0 Å². The number of aromatic nitrogens is 2. The maximum atomic E-state index is 5.84. The number of halogens is 2. The Morgan fingerprint density at radius 1 is 1.64 bits per heavy atom. The molecule has 2 unspecified atom stereocenters. The van der Waals surface area contributed by atoms with Crippen molar-refractivity contribution in [1.82, 2.24) is 9.97 Å². The van der Waals surface area contributed by atoms with E-state index in [0.717, 1.165) is 28.7 Å². The lowest BCUT2D eigenvalue weighted by molar-refractivity contribution is 0.783. The van der Waals surface area contributed by atoms with E-state index in [0.29, 0.717) is 5.15 Å². The van der Waals surface area contributed by atoms with Gasteiger partial charge in [-0.1, -0.05) is 18.5 Å². The van der Waals surface area contributed by atoms with Gasteiger partial charge in [0.1, 0.15) is 17.3 Å². The summed E-state index contributed by atoms with van der Waals surface area (Å²) in [5.41, 5.74) is 0. The van der Waals surface area contributed by atoms with Gasteiger partial charge >= 0.3 is 0 Å². The minimum atomic E-state index is 0.450. The quantitative estimate of drug-likeness (QED) is 0.863. The Bertz CT molecular complexity index is 345. The van der Waals surface area contributed by atoms with E-state index in [1.165, 1.54) is 12.7 Å². The molecule has 0 spiro atoms. The van der Waals surface area contributed by atoms with Gasteiger partial charge in [-0.25, -0.2) is 9.97 Å². The fourth-order valence-corrected chi connectivity index (χ4v) is 1.86. The lowest BCUT2D eigenvalue weighted by atomic mass is 10.3. The summed E-state index contributed by atoms with van der Waals surface area (Å²) in [6.45, 7) is 3.22. The Morgan fingerprint density at radius 2 is 2.36 bits per heavy atom. The molecule has 2 atom stereocenters. The molecule has 1 saturated carbocycles. The molecule has 1 fully saturated rings. The van der Waals surface area contributed by atoms with Crippen LogP contribution in [0.1, 0.15) is 13.3 Å². The smallest absolute Gasteiger partial charge is 0.148 e. The van der Waals surface area contributed by atoms with Crippen LogP contribution in [0.3, 0.4) is 0 Å². The Balaban J connectivity index is 1.98. The maximum Gasteiger partial charge on any atom is 0.148 e. The highest BCUT2D eigenvalue weighted by atomic mass is 79.9. The zero-order valence-electron chi connectivity index (χ0n) is 7.80. The molecule has 2 rings (SSSR count). The van der Waals surface area contributed by atoms with Crippen molar-refractivity contribution < 1.29 is 0 Å². The molecule has 0 bridgehead atoms. The van der Waals surface area contributed by atoms with E-state index in [4.69, 9.17) is 11.6 Å². The molecular weight excluding hydrogens is 265 g/mol. The van der Waals surface area contributed by atoms with Crippen molar-refractivity contribution in [2.45, 2.75) is 13.3 Å². The summed E-state index contributed by atoms with van der Waals surface area (Å²) in [5.74, 6) is 2.42. The molecule has 76 valence electrons. The molecule has 1 aromatic rings. The Morgan fingerprint density at radius 3 is 3.00 bits per heavy atom. The molecule has 3 nitrogen and oxygen atoms in total. The van der Waals surface area contributed by atoms with Gasteiger partial charge in [0.15, 0.2) is 0 Å². The first-order valence-electron chi connectivity index (χ1n) is 4.58. The molecule has 1 aliphatic carbocycles. The van der Waals surface area contributed by atoms with Crippen molar-refractivity contribution in [1.29, 1.82) is 0 Å². The number of nitrogens with zero attached hydrogens (tertiary/aromatic N) is 2. The standard InChI is InChI=1S/C9H11BrClN3/c1-5-2-6(5)3-12-9-7(10)8(11)13-4-14-9/h4-6H,2-3H2,1H3,(H,12,13,14). The van der Waals surface area contributed by atoms with Crippen LogP contribution in [-0.4, -0.2) is 16.5 Å². The van der Waals surface area contributed by atoms with Crippen molar-refractivity contribution in [2.24, 2.45) is 11.8 Å². The Labute approximate surface area is 96.4 Å². The molecule has 1 aliphatic rings. The first-order valence-corrected chi connectivity index (χ1v) is 5.75. The predicted molar refractivity (Wildman–Crippen MR) is 60.5 cm³/mol. The van der Waals surface area contributed by atoms with Crippen LogP contribution in [0.5, 0.6) is 0 Å². The van der Waals surface area contributed by atoms with E-state index in [2.05, 4.69) is 38.1 Å². The molecule has 14 heavy (non-hydrogen) atoms. The number of nitrogens with one attached hydrogen (secondary N) is 1. The second-order valence-corrected chi connectivity index (χ2v) is 4.83. The van der Waals surface area contributed by atoms with Crippen LogP contribution in [0, 0.1) is 11.8 Å². The van der Waals surface area contributed by atoms with Gasteiger partial charge in [0.2, 0.25) is 0 Å². The summed E-state index contributed by atoms with van der Waals surface area (Å²) in [6, 6.07) is 0. The molecule has 1 N–H and O–H groups in total. The highest BCUT2D eigenvalue weighted by Gasteiger charge is 2.32. The van der Waals surface area contributed by atoms with Crippen molar-refractivity contribution in [2.75, 3.05) is 11.9 Å². The summed E-state index contributed by atoms with van der Waals surface area (Å²) in [6.07, 6.45) is 2.77. The lowest BCUT2D eigenvalue weighted by Crippen LogP contribution is -2.07. The van der Waals surface area contributed by atoms with Gasteiger partial charge in [-0.3, -0.25) is 0 Å². The van der Waals surface area contributed by atoms with Crippen LogP contribution in [-0.2, 0) is 0 Å². The summed E-state index contributed by atoms with van der Waals surface area (Å²) in [4.78, 5) is 7.97. The van der Waals surface area contributed by atoms with Crippen LogP contribution in [0.15, 0.2) is 10.8 Å². The minimum absolute atomic E-state index is 0.450. The second-order valence-electron chi connectivity index (χ2n) is 3.68. The number of hydrogen-bond donors (Lipinski definition) is 1. The topological polar surface area (TPSA) is 37.8 Å². The molecule has 0 radical (unpaired) electrons. The van der Waals surface area contributed by atoms with Gasteiger partial charge in [-0.05, 0) is 34.2 Å². The number of hydrogen-bond acceptors (Lipinski definition) is 3. The molecular formula is C9H11BrClN3. The largest absolute Gasteiger partial charge is 0.369 e. The maximum absolute atomic E-state index is 5.84. The molecule has 1 heterocycles. The van der Waals surface area contributed by atoms with Gasteiger partial charge in [-0.15, -0.1) is 0 Å². The molecule has 0 saturated heterocycles. The third kappa shape index (κ3) is 2.17. The highest BCUT2D eigenvalue weighted by Crippen LogP contribution is 2.38. The molecule has 0 amide bonds. The normalized spacial score (nSPS) is 24.8. The van der Waals surface area contributed by atoms with Gasteiger partial charge in [0.25, 0.3) is 0 Å². The summed E-state index contributed by atoms with van der Waals surface area (Å²) >= 11 is 9.18. The Hall–Kier alpha value is -0.350. The lowest BCUT2D eigenvalue weighted by Gasteiger charge is -2.06. The number of anilines is 1. The molecule has 1 aromatic heterocycles. The summed E-state index contributed by atoms with van der Waals surface area (Å²) in [5, 5.41) is 3.71. The zero-order chi connectivity index (χ0) is 10.1. The average molecular weight is 277 g/mol. The molecule has 5 heteroatoms. The van der Waals surface area contributed by atoms with Gasteiger partial charge < -0.3 is 5.32 Å². The zero-order valence-corrected chi connectivity index (χ0v) is 10.1. The SMILES string of the molecule is CC1CC1CNc1ncnc(Cl)c1Br. The molecule has 0 aromatic carbocycles. The van der Waals surface area contributed by atoms with E-state index < -0.39 is 0 Å². The van der Waals surface area contributed by atoms with E-state index in [1.54, 1.807) is 0 Å². The fourth-order valence-electron chi connectivity index (χ4n) is 1.38. The first kappa shape index (κ1) is 10.2. The van der Waals surface area contributed by atoms with Crippen LogP contribution in [0.25, 0.3) is 0 Å². The van der Waals surface area contributed by atoms with Crippen molar-refractivity contribution >= 4 is 33.3 Å². The van der Waals surface area contributed by atoms with Crippen molar-refractivity contribution in [3.63, 3.8) is 0 Å². The minimum Gasteiger partial charge on any atom is -0.369 e. The molecule has 0 aliphatic heterocycles. The van der Waals surface area contributed by atoms with Gasteiger partial charge in [0.05, 0.1) is 4.47 Å². The van der Waals surface area contributed by atoms with Crippen LogP contribution in [0.2, 0.25) is 5.15 Å². The van der Waals surface area contributed by atoms with Crippen LogP contribution >= 0.6 is 27.5 Å². The van der Waals surface area contributed by atoms with E-state index in [1.807, 2.05) is 0 Å². The Kier molecular flexibility index (Phi) is 2.93. The van der Waals surface area contributed by atoms with Crippen LogP contribution in [0.4, 0.5) is 5.82 Å². The van der Waals surface area contributed by atoms with E-state index in [-0.39, 0.29) is 0 Å². The van der Waals surface area contributed by atoms with Gasteiger partial charge in [-0.2, -0.15) is 0 Å². The predicted octanol–water partition coefficient (Wildman–Crippen LogP) is 2.96. The number of rotatable bonds is 3. The second kappa shape index (κ2) is 4.03. The van der Waals surface area contributed by atoms with Crippen molar-refractivity contribution in [3.8, 4) is 0 Å². The fraction of sp³-hybridized carbons (Fsp3) is 0.556. The van der Waals surface area contributed by atoms with Crippen molar-refractivity contribution in [3.05, 3.63) is 16.0 Å². The third-order valence-electron chi connectivity index (χ3n) is 2.55. The average Bonchev–Trinajstić information content (AvgIpc) is 2.85. The highest BCUT2D eigenvalue weighted by molar-refractivity contribution is 9.10. The first-order chi connectivity index (χ1) is 6.68. The summed E-state index contributed by atoms with van der Waals surface area (Å²) < 4.78 is 0.745. The summed E-state index contributed by atoms with van der Waals surface area (Å²) in [7, 11) is 0. The monoisotopic (exact) mass is 275 g/mol. The van der Waals surface area contributed by atoms with Crippen LogP contribution < -0.4 is 5.32 Å². The van der Waals surface area contributed by atoms with Gasteiger partial charge in [0, 0.05) is 6.54 Å². The third-order valence-corrected chi connectivity index (χ3v) is 3.82.